The van der Waals surface area contributed by atoms with E-state index in [9.17, 15) is 19.2 Å². The van der Waals surface area contributed by atoms with Gasteiger partial charge in [0.1, 0.15) is 30.7 Å². The molecule has 0 unspecified atom stereocenters. The van der Waals surface area contributed by atoms with Gasteiger partial charge in [-0.2, -0.15) is 0 Å². The van der Waals surface area contributed by atoms with Gasteiger partial charge in [-0.15, -0.1) is 47.9 Å². The molecule has 81 heavy (non-hydrogen) atoms. The molecule has 2 aliphatic carbocycles. The Morgan fingerprint density at radius 1 is 0.519 bits per heavy atom. The number of aromatic nitrogens is 10. The van der Waals surface area contributed by atoms with Crippen LogP contribution in [0.1, 0.15) is 119 Å². The topological polar surface area (TPSA) is 172 Å². The fourth-order valence-electron chi connectivity index (χ4n) is 10.6. The molecule has 0 N–H and O–H groups in total. The number of pyridine rings is 2. The lowest BCUT2D eigenvalue weighted by Gasteiger charge is -2.23. The van der Waals surface area contributed by atoms with Gasteiger partial charge in [-0.25, -0.2) is 29.9 Å². The molecule has 0 saturated heterocycles. The van der Waals surface area contributed by atoms with Crippen LogP contribution in [0.25, 0.3) is 52.2 Å². The molecule has 0 spiro atoms. The second-order valence-corrected chi connectivity index (χ2v) is 24.0. The van der Waals surface area contributed by atoms with Crippen LogP contribution >= 0.6 is 47.9 Å². The molecule has 0 atom stereocenters. The lowest BCUT2D eigenvalue weighted by atomic mass is 9.95. The van der Waals surface area contributed by atoms with Crippen LogP contribution in [0, 0.1) is 13.8 Å². The van der Waals surface area contributed by atoms with Crippen LogP contribution < -0.4 is 32.0 Å². The number of thiophene rings is 2. The van der Waals surface area contributed by atoms with E-state index in [2.05, 4.69) is 62.1 Å². The van der Waals surface area contributed by atoms with Gasteiger partial charge in [0.25, 0.3) is 22.2 Å². The lowest BCUT2D eigenvalue weighted by molar-refractivity contribution is 0.345. The molecular formula is C61H70N12O4S4. The Kier molecular flexibility index (Phi) is 19.0. The SMILES string of the molecule is CCCc1ncc(S)c(=O)n1-c1ccc(C)cc1.CCc1ncc(S)c(=O)n1-c1ccc(C)cc1.CN(C)c1ccnc2sc3c(=O)n(C4CCCCC4)cnc3c12.CN(C)c1ccnc2sc3c(=O)n(C4CCCCC4)cnc3c12. The summed E-state index contributed by atoms with van der Waals surface area (Å²) in [7, 11) is 8.01. The molecule has 2 saturated carbocycles. The Balaban J connectivity index is 0.000000132. The number of hydrogen-bond donors (Lipinski definition) is 2. The minimum atomic E-state index is -0.121. The first-order valence-corrected chi connectivity index (χ1v) is 30.3. The van der Waals surface area contributed by atoms with Gasteiger partial charge in [-0.3, -0.25) is 37.4 Å². The fraction of sp³-hybridized carbons (Fsp3) is 0.377. The molecule has 8 heterocycles. The predicted molar refractivity (Wildman–Crippen MR) is 338 cm³/mol. The number of anilines is 2. The first-order chi connectivity index (χ1) is 39.1. The molecule has 12 rings (SSSR count). The van der Waals surface area contributed by atoms with Crippen molar-refractivity contribution in [3.05, 3.63) is 162 Å². The zero-order valence-electron chi connectivity index (χ0n) is 47.3. The fourth-order valence-corrected chi connectivity index (χ4v) is 13.0. The van der Waals surface area contributed by atoms with Gasteiger partial charge < -0.3 is 9.80 Å². The minimum Gasteiger partial charge on any atom is -0.377 e. The van der Waals surface area contributed by atoms with Crippen molar-refractivity contribution >= 4 is 100 Å². The summed E-state index contributed by atoms with van der Waals surface area (Å²) in [5.41, 5.74) is 7.66. The van der Waals surface area contributed by atoms with Crippen molar-refractivity contribution < 1.29 is 0 Å². The summed E-state index contributed by atoms with van der Waals surface area (Å²) in [5.74, 6) is 1.53. The molecule has 2 aromatic carbocycles. The number of fused-ring (bicyclic) bond motifs is 6. The van der Waals surface area contributed by atoms with Gasteiger partial charge >= 0.3 is 0 Å². The van der Waals surface area contributed by atoms with Crippen molar-refractivity contribution in [1.29, 1.82) is 0 Å². The number of thiol groups is 2. The highest BCUT2D eigenvalue weighted by Gasteiger charge is 2.23. The molecule has 0 aliphatic heterocycles. The number of benzene rings is 2. The molecule has 0 bridgehead atoms. The monoisotopic (exact) mass is 1160 g/mol. The summed E-state index contributed by atoms with van der Waals surface area (Å²) in [5, 5.41) is 1.98. The lowest BCUT2D eigenvalue weighted by Crippen LogP contribution is -2.26. The van der Waals surface area contributed by atoms with Crippen LogP contribution in [0.2, 0.25) is 0 Å². The van der Waals surface area contributed by atoms with Crippen molar-refractivity contribution in [1.82, 2.24) is 48.2 Å². The van der Waals surface area contributed by atoms with E-state index in [-0.39, 0.29) is 22.2 Å². The Morgan fingerprint density at radius 2 is 0.914 bits per heavy atom. The van der Waals surface area contributed by atoms with Crippen molar-refractivity contribution in [2.24, 2.45) is 0 Å². The van der Waals surface area contributed by atoms with Gasteiger partial charge in [0.2, 0.25) is 0 Å². The van der Waals surface area contributed by atoms with Crippen LogP contribution in [0.5, 0.6) is 0 Å². The van der Waals surface area contributed by atoms with Gasteiger partial charge in [-0.1, -0.05) is 87.8 Å². The molecular weight excluding hydrogens is 1090 g/mol. The average molecular weight is 1160 g/mol. The molecule has 2 aliphatic rings. The maximum atomic E-state index is 13.0. The Hall–Kier alpha value is -7.00. The quantitative estimate of drug-likeness (QED) is 0.131. The standard InChI is InChI=1S/2C17H20N4OS.C14H16N2OS.C13H14N2OS/c2*1-20(2)12-8-9-18-16-13(12)14-15(23-16)17(22)21(10-19-14)11-6-4-3-5-7-11;1-3-4-13-15-9-12(18)14(17)16(13)11-7-5-10(2)6-8-11;1-3-12-14-8-11(17)13(16)15(12)10-6-4-9(2)5-7-10/h2*8-11H,3-7H2,1-2H3;5-9,18H,3-4H2,1-2H3;4-8,17H,3H2,1-2H3. The highest BCUT2D eigenvalue weighted by Crippen LogP contribution is 2.38. The number of aryl methyl sites for hydroxylation is 4. The predicted octanol–water partition coefficient (Wildman–Crippen LogP) is 12.3. The van der Waals surface area contributed by atoms with Gasteiger partial charge in [0.15, 0.2) is 0 Å². The Labute approximate surface area is 490 Å². The molecule has 16 nitrogen and oxygen atoms in total. The molecule has 2 fully saturated rings. The van der Waals surface area contributed by atoms with Gasteiger partial charge in [0.05, 0.1) is 67.0 Å². The van der Waals surface area contributed by atoms with E-state index in [0.717, 1.165) is 119 Å². The molecule has 8 aromatic heterocycles. The second-order valence-electron chi connectivity index (χ2n) is 21.0. The Bertz CT molecular complexity index is 3920. The third kappa shape index (κ3) is 12.7. The van der Waals surface area contributed by atoms with Gasteiger partial charge in [0, 0.05) is 77.9 Å². The van der Waals surface area contributed by atoms with Crippen LogP contribution in [-0.2, 0) is 12.8 Å². The summed E-state index contributed by atoms with van der Waals surface area (Å²) in [6.07, 6.45) is 24.3. The smallest absolute Gasteiger partial charge is 0.271 e. The summed E-state index contributed by atoms with van der Waals surface area (Å²) < 4.78 is 8.43. The van der Waals surface area contributed by atoms with Crippen molar-refractivity contribution in [3.8, 4) is 11.4 Å². The first kappa shape index (κ1) is 58.6. The van der Waals surface area contributed by atoms with E-state index in [1.165, 1.54) is 79.2 Å². The minimum absolute atomic E-state index is 0.0922. The number of hydrogen-bond acceptors (Lipinski definition) is 16. The normalized spacial score (nSPS) is 13.8. The van der Waals surface area contributed by atoms with Crippen molar-refractivity contribution in [2.75, 3.05) is 38.0 Å². The van der Waals surface area contributed by atoms with E-state index in [1.54, 1.807) is 34.2 Å². The van der Waals surface area contributed by atoms with Crippen molar-refractivity contribution in [3.63, 3.8) is 0 Å². The molecule has 0 amide bonds. The van der Waals surface area contributed by atoms with Crippen molar-refractivity contribution in [2.45, 2.75) is 133 Å². The average Bonchev–Trinajstić information content (AvgIpc) is 4.08. The van der Waals surface area contributed by atoms with E-state index in [4.69, 9.17) is 0 Å². The van der Waals surface area contributed by atoms with Gasteiger partial charge in [-0.05, 0) is 82.3 Å². The summed E-state index contributed by atoms with van der Waals surface area (Å²) in [6.45, 7) is 8.08. The zero-order valence-corrected chi connectivity index (χ0v) is 50.7. The van der Waals surface area contributed by atoms with E-state index >= 15 is 0 Å². The maximum absolute atomic E-state index is 13.0. The Morgan fingerprint density at radius 3 is 1.30 bits per heavy atom. The number of rotatable bonds is 9. The number of nitrogens with zero attached hydrogens (tertiary/aromatic N) is 12. The summed E-state index contributed by atoms with van der Waals surface area (Å²) in [4.78, 5) is 83.6. The molecule has 10 aromatic rings. The van der Waals surface area contributed by atoms with E-state index in [1.807, 2.05) is 129 Å². The van der Waals surface area contributed by atoms with E-state index < -0.39 is 0 Å². The zero-order chi connectivity index (χ0) is 57.5. The van der Waals surface area contributed by atoms with E-state index in [0.29, 0.717) is 28.3 Å². The van der Waals surface area contributed by atoms with Crippen LogP contribution in [-0.4, -0.2) is 76.4 Å². The third-order valence-electron chi connectivity index (χ3n) is 14.9. The molecule has 20 heteroatoms. The van der Waals surface area contributed by atoms with Crippen LogP contribution in [0.15, 0.2) is 127 Å². The highest BCUT2D eigenvalue weighted by molar-refractivity contribution is 7.80. The molecule has 0 radical (unpaired) electrons. The third-order valence-corrected chi connectivity index (χ3v) is 17.6. The summed E-state index contributed by atoms with van der Waals surface area (Å²) >= 11 is 11.2. The maximum Gasteiger partial charge on any atom is 0.271 e. The summed E-state index contributed by atoms with van der Waals surface area (Å²) in [6, 6.07) is 20.2. The van der Waals surface area contributed by atoms with Crippen LogP contribution in [0.3, 0.4) is 0 Å². The molecule has 422 valence electrons. The van der Waals surface area contributed by atoms with Crippen LogP contribution in [0.4, 0.5) is 11.4 Å². The highest BCUT2D eigenvalue weighted by atomic mass is 32.1. The first-order valence-electron chi connectivity index (χ1n) is 27.7. The second kappa shape index (κ2) is 26.3. The largest absolute Gasteiger partial charge is 0.377 e.